The zero-order chi connectivity index (χ0) is 12.3. The lowest BCUT2D eigenvalue weighted by atomic mass is 10.1. The molecule has 0 radical (unpaired) electrons. The van der Waals surface area contributed by atoms with Crippen molar-refractivity contribution >= 4 is 11.7 Å². The Kier molecular flexibility index (Phi) is 3.23. The van der Waals surface area contributed by atoms with E-state index >= 15 is 0 Å². The summed E-state index contributed by atoms with van der Waals surface area (Å²) in [6.07, 6.45) is 0.341. The van der Waals surface area contributed by atoms with Gasteiger partial charge in [-0.1, -0.05) is 35.0 Å². The Morgan fingerprint density at radius 1 is 1.35 bits per heavy atom. The van der Waals surface area contributed by atoms with E-state index < -0.39 is 0 Å². The van der Waals surface area contributed by atoms with E-state index in [4.69, 9.17) is 4.52 Å². The zero-order valence-corrected chi connectivity index (χ0v) is 9.86. The van der Waals surface area contributed by atoms with Gasteiger partial charge in [-0.3, -0.25) is 4.79 Å². The summed E-state index contributed by atoms with van der Waals surface area (Å²) in [5.74, 6) is 1.04. The fourth-order valence-electron chi connectivity index (χ4n) is 1.62. The molecule has 0 bridgehead atoms. The number of carbonyl (C=O) groups is 1. The summed E-state index contributed by atoms with van der Waals surface area (Å²) in [5, 5.41) is 6.39. The van der Waals surface area contributed by atoms with Crippen LogP contribution in [0.25, 0.3) is 0 Å². The van der Waals surface area contributed by atoms with Crippen LogP contribution in [-0.4, -0.2) is 11.1 Å². The van der Waals surface area contributed by atoms with Crippen LogP contribution in [0.5, 0.6) is 0 Å². The number of hydrogen-bond donors (Lipinski definition) is 1. The number of nitrogens with one attached hydrogen (secondary N) is 1. The molecule has 0 aliphatic rings. The van der Waals surface area contributed by atoms with Gasteiger partial charge in [-0.25, -0.2) is 0 Å². The fraction of sp³-hybridized carbons (Fsp3) is 0.231. The van der Waals surface area contributed by atoms with Crippen molar-refractivity contribution < 1.29 is 9.32 Å². The Morgan fingerprint density at radius 2 is 2.18 bits per heavy atom. The first kappa shape index (κ1) is 11.4. The maximum atomic E-state index is 11.7. The number of hydrogen-bond acceptors (Lipinski definition) is 3. The summed E-state index contributed by atoms with van der Waals surface area (Å²) >= 11 is 0. The molecule has 1 N–H and O–H groups in total. The number of aryl methyl sites for hydroxylation is 2. The van der Waals surface area contributed by atoms with Crippen molar-refractivity contribution in [3.63, 3.8) is 0 Å². The summed E-state index contributed by atoms with van der Waals surface area (Å²) in [6, 6.07) is 9.56. The highest BCUT2D eigenvalue weighted by atomic mass is 16.5. The predicted molar refractivity (Wildman–Crippen MR) is 64.8 cm³/mol. The minimum Gasteiger partial charge on any atom is -0.360 e. The lowest BCUT2D eigenvalue weighted by molar-refractivity contribution is -0.115. The molecule has 1 heterocycles. The van der Waals surface area contributed by atoms with Crippen LogP contribution in [0.3, 0.4) is 0 Å². The van der Waals surface area contributed by atoms with Gasteiger partial charge in [0, 0.05) is 6.07 Å². The number of benzene rings is 1. The topological polar surface area (TPSA) is 55.1 Å². The number of amides is 1. The van der Waals surface area contributed by atoms with E-state index in [9.17, 15) is 4.79 Å². The largest absolute Gasteiger partial charge is 0.360 e. The van der Waals surface area contributed by atoms with Crippen molar-refractivity contribution in [3.05, 3.63) is 47.2 Å². The average Bonchev–Trinajstić information content (AvgIpc) is 2.63. The monoisotopic (exact) mass is 230 g/mol. The van der Waals surface area contributed by atoms with Gasteiger partial charge in [-0.05, 0) is 19.4 Å². The van der Waals surface area contributed by atoms with E-state index in [1.54, 1.807) is 13.0 Å². The molecular formula is C13H14N2O2. The minimum absolute atomic E-state index is 0.0936. The van der Waals surface area contributed by atoms with Crippen molar-refractivity contribution in [1.82, 2.24) is 5.16 Å². The number of carbonyl (C=O) groups excluding carboxylic acids is 1. The van der Waals surface area contributed by atoms with Gasteiger partial charge < -0.3 is 9.84 Å². The third-order valence-electron chi connectivity index (χ3n) is 2.34. The number of nitrogens with zero attached hydrogens (tertiary/aromatic N) is 1. The third-order valence-corrected chi connectivity index (χ3v) is 2.34. The average molecular weight is 230 g/mol. The van der Waals surface area contributed by atoms with Crippen LogP contribution in [0.1, 0.15) is 16.9 Å². The minimum atomic E-state index is -0.0936. The molecule has 0 fully saturated rings. The van der Waals surface area contributed by atoms with Gasteiger partial charge in [0.15, 0.2) is 5.82 Å². The van der Waals surface area contributed by atoms with E-state index in [-0.39, 0.29) is 5.91 Å². The van der Waals surface area contributed by atoms with Crippen molar-refractivity contribution in [3.8, 4) is 0 Å². The number of aromatic nitrogens is 1. The van der Waals surface area contributed by atoms with Gasteiger partial charge in [0.1, 0.15) is 5.76 Å². The lowest BCUT2D eigenvalue weighted by Gasteiger charge is -2.02. The molecule has 2 aromatic rings. The Hall–Kier alpha value is -2.10. The van der Waals surface area contributed by atoms with Gasteiger partial charge in [0.25, 0.3) is 0 Å². The molecule has 1 amide bonds. The molecule has 0 saturated heterocycles. The van der Waals surface area contributed by atoms with Gasteiger partial charge >= 0.3 is 0 Å². The molecule has 0 unspecified atom stereocenters. The highest BCUT2D eigenvalue weighted by Gasteiger charge is 2.07. The van der Waals surface area contributed by atoms with Gasteiger partial charge in [0.2, 0.25) is 5.91 Å². The standard InChI is InChI=1S/C13H14N2O2/c1-9-4-3-5-11(6-9)8-13(16)14-12-7-10(2)17-15-12/h3-7H,8H2,1-2H3,(H,14,15,16). The quantitative estimate of drug-likeness (QED) is 0.881. The molecule has 4 nitrogen and oxygen atoms in total. The van der Waals surface area contributed by atoms with Gasteiger partial charge in [-0.2, -0.15) is 0 Å². The first-order valence-corrected chi connectivity index (χ1v) is 5.42. The molecule has 4 heteroatoms. The van der Waals surface area contributed by atoms with Gasteiger partial charge in [0.05, 0.1) is 6.42 Å². The second kappa shape index (κ2) is 4.82. The molecule has 0 saturated carbocycles. The van der Waals surface area contributed by atoms with Crippen molar-refractivity contribution in [2.24, 2.45) is 0 Å². The van der Waals surface area contributed by atoms with Crippen LogP contribution < -0.4 is 5.32 Å². The zero-order valence-electron chi connectivity index (χ0n) is 9.86. The van der Waals surface area contributed by atoms with Crippen LogP contribution in [-0.2, 0) is 11.2 Å². The Morgan fingerprint density at radius 3 is 2.82 bits per heavy atom. The van der Waals surface area contributed by atoms with Crippen LogP contribution in [0.2, 0.25) is 0 Å². The second-order valence-electron chi connectivity index (χ2n) is 4.04. The molecule has 0 spiro atoms. The summed E-state index contributed by atoms with van der Waals surface area (Å²) < 4.78 is 4.87. The molecule has 0 atom stereocenters. The van der Waals surface area contributed by atoms with E-state index in [1.165, 1.54) is 0 Å². The molecule has 17 heavy (non-hydrogen) atoms. The molecule has 88 valence electrons. The van der Waals surface area contributed by atoms with E-state index in [0.717, 1.165) is 11.1 Å². The predicted octanol–water partition coefficient (Wildman–Crippen LogP) is 2.47. The summed E-state index contributed by atoms with van der Waals surface area (Å²) in [5.41, 5.74) is 2.13. The number of anilines is 1. The van der Waals surface area contributed by atoms with E-state index in [2.05, 4.69) is 10.5 Å². The first-order chi connectivity index (χ1) is 8.13. The Labute approximate surface area is 99.6 Å². The Balaban J connectivity index is 1.98. The molecule has 0 aliphatic heterocycles. The molecule has 0 aliphatic carbocycles. The van der Waals surface area contributed by atoms with Gasteiger partial charge in [-0.15, -0.1) is 0 Å². The Bertz CT molecular complexity index is 532. The normalized spacial score (nSPS) is 10.2. The fourth-order valence-corrected chi connectivity index (χ4v) is 1.62. The second-order valence-corrected chi connectivity index (χ2v) is 4.04. The summed E-state index contributed by atoms with van der Waals surface area (Å²) in [7, 11) is 0. The smallest absolute Gasteiger partial charge is 0.230 e. The van der Waals surface area contributed by atoms with Crippen LogP contribution in [0.15, 0.2) is 34.9 Å². The van der Waals surface area contributed by atoms with Crippen molar-refractivity contribution in [2.45, 2.75) is 20.3 Å². The summed E-state index contributed by atoms with van der Waals surface area (Å²) in [6.45, 7) is 3.78. The highest BCUT2D eigenvalue weighted by Crippen LogP contribution is 2.09. The molecule has 1 aromatic carbocycles. The molecular weight excluding hydrogens is 216 g/mol. The van der Waals surface area contributed by atoms with Crippen LogP contribution in [0.4, 0.5) is 5.82 Å². The van der Waals surface area contributed by atoms with E-state index in [1.807, 2.05) is 31.2 Å². The third kappa shape index (κ3) is 3.17. The van der Waals surface area contributed by atoms with E-state index in [0.29, 0.717) is 18.0 Å². The number of rotatable bonds is 3. The lowest BCUT2D eigenvalue weighted by Crippen LogP contribution is -2.14. The van der Waals surface area contributed by atoms with Crippen LogP contribution in [0, 0.1) is 13.8 Å². The summed E-state index contributed by atoms with van der Waals surface area (Å²) in [4.78, 5) is 11.7. The maximum Gasteiger partial charge on any atom is 0.230 e. The SMILES string of the molecule is Cc1cccc(CC(=O)Nc2cc(C)on2)c1. The highest BCUT2D eigenvalue weighted by molar-refractivity contribution is 5.91. The molecule has 1 aromatic heterocycles. The van der Waals surface area contributed by atoms with Crippen molar-refractivity contribution in [2.75, 3.05) is 5.32 Å². The first-order valence-electron chi connectivity index (χ1n) is 5.42. The van der Waals surface area contributed by atoms with Crippen LogP contribution >= 0.6 is 0 Å². The van der Waals surface area contributed by atoms with Crippen molar-refractivity contribution in [1.29, 1.82) is 0 Å². The maximum absolute atomic E-state index is 11.7. The molecule has 2 rings (SSSR count).